The van der Waals surface area contributed by atoms with Crippen LogP contribution in [0.1, 0.15) is 0 Å². The van der Waals surface area contributed by atoms with Crippen molar-refractivity contribution >= 4 is 78.6 Å². The Morgan fingerprint density at radius 1 is 0.667 bits per heavy atom. The predicted molar refractivity (Wildman–Crippen MR) is 132 cm³/mol. The molecular formula is C16H18Cl2N10O6S2. The van der Waals surface area contributed by atoms with Crippen LogP contribution in [0.25, 0.3) is 0 Å². The van der Waals surface area contributed by atoms with E-state index >= 15 is 0 Å². The highest BCUT2D eigenvalue weighted by molar-refractivity contribution is 7.86. The molecule has 0 saturated heterocycles. The van der Waals surface area contributed by atoms with Crippen LogP contribution in [0.15, 0.2) is 24.3 Å². The highest BCUT2D eigenvalue weighted by atomic mass is 35.5. The average Bonchev–Trinajstić information content (AvgIpc) is 2.71. The summed E-state index contributed by atoms with van der Waals surface area (Å²) in [5.41, 5.74) is 1.02. The van der Waals surface area contributed by atoms with E-state index in [2.05, 4.69) is 51.2 Å². The molecule has 0 atom stereocenters. The lowest BCUT2D eigenvalue weighted by Gasteiger charge is -2.11. The molecule has 6 N–H and O–H groups in total. The molecule has 1 aromatic carbocycles. The number of benzene rings is 1. The standard InChI is InChI=1S/C16H18Cl2N10O6S2/c17-11-23-13(19-4-6-35(29,30)31)27-15(25-11)21-9-2-1-3-10(8-9)22-16-26-12(18)24-14(28-16)20-5-7-36(32,33)34/h1-3,8H,4-7H2,(H,29,30,31)(H,32,33,34)(H2,19,21,23,25,27)(H2,20,22,24,26,28). The molecule has 0 saturated carbocycles. The molecule has 3 aromatic rings. The smallest absolute Gasteiger partial charge is 0.266 e. The molecule has 0 aliphatic carbocycles. The fourth-order valence-electron chi connectivity index (χ4n) is 2.49. The first kappa shape index (κ1) is 27.4. The van der Waals surface area contributed by atoms with Gasteiger partial charge in [-0.15, -0.1) is 0 Å². The van der Waals surface area contributed by atoms with E-state index in [9.17, 15) is 16.8 Å². The maximum atomic E-state index is 10.8. The molecule has 16 nitrogen and oxygen atoms in total. The fourth-order valence-corrected chi connectivity index (χ4v) is 3.53. The van der Waals surface area contributed by atoms with Crippen molar-refractivity contribution in [1.82, 2.24) is 29.9 Å². The highest BCUT2D eigenvalue weighted by Gasteiger charge is 2.10. The summed E-state index contributed by atoms with van der Waals surface area (Å²) in [6.45, 7) is -0.307. The van der Waals surface area contributed by atoms with Crippen LogP contribution in [-0.2, 0) is 20.2 Å². The van der Waals surface area contributed by atoms with E-state index in [0.29, 0.717) is 11.4 Å². The quantitative estimate of drug-likeness (QED) is 0.166. The van der Waals surface area contributed by atoms with Gasteiger partial charge < -0.3 is 21.3 Å². The number of halogens is 2. The second-order valence-corrected chi connectivity index (χ2v) is 10.6. The van der Waals surface area contributed by atoms with Crippen LogP contribution in [0.4, 0.5) is 35.2 Å². The van der Waals surface area contributed by atoms with Gasteiger partial charge in [0.15, 0.2) is 0 Å². The SMILES string of the molecule is O=S(=O)(O)CCNc1nc(Cl)nc(Nc2cccc(Nc3nc(Cl)nc(NCCS(=O)(=O)O)n3)c2)n1. The molecule has 194 valence electrons. The molecule has 36 heavy (non-hydrogen) atoms. The zero-order chi connectivity index (χ0) is 26.3. The number of rotatable bonds is 12. The first-order chi connectivity index (χ1) is 16.8. The van der Waals surface area contributed by atoms with Crippen LogP contribution in [0.5, 0.6) is 0 Å². The minimum Gasteiger partial charge on any atom is -0.353 e. The van der Waals surface area contributed by atoms with Gasteiger partial charge in [0.2, 0.25) is 34.4 Å². The molecule has 0 unspecified atom stereocenters. The maximum Gasteiger partial charge on any atom is 0.266 e. The monoisotopic (exact) mass is 580 g/mol. The Morgan fingerprint density at radius 3 is 1.44 bits per heavy atom. The van der Waals surface area contributed by atoms with E-state index < -0.39 is 31.7 Å². The second kappa shape index (κ2) is 11.7. The first-order valence-corrected chi connectivity index (χ1v) is 13.7. The van der Waals surface area contributed by atoms with Crippen molar-refractivity contribution < 1.29 is 25.9 Å². The van der Waals surface area contributed by atoms with Gasteiger partial charge in [0.1, 0.15) is 0 Å². The number of hydrogen-bond acceptors (Lipinski definition) is 14. The number of nitrogens with one attached hydrogen (secondary N) is 4. The van der Waals surface area contributed by atoms with Gasteiger partial charge in [0, 0.05) is 24.5 Å². The van der Waals surface area contributed by atoms with E-state index in [0.717, 1.165) is 0 Å². The van der Waals surface area contributed by atoms with Gasteiger partial charge in [0.25, 0.3) is 20.2 Å². The molecule has 0 aliphatic rings. The summed E-state index contributed by atoms with van der Waals surface area (Å²) in [6.07, 6.45) is 0. The van der Waals surface area contributed by atoms with Crippen molar-refractivity contribution in [3.05, 3.63) is 34.8 Å². The molecule has 20 heteroatoms. The molecule has 0 aliphatic heterocycles. The van der Waals surface area contributed by atoms with Gasteiger partial charge in [-0.2, -0.15) is 46.7 Å². The molecular weight excluding hydrogens is 563 g/mol. The molecule has 2 heterocycles. The van der Waals surface area contributed by atoms with Crippen molar-refractivity contribution in [3.63, 3.8) is 0 Å². The summed E-state index contributed by atoms with van der Waals surface area (Å²) in [7, 11) is -8.32. The molecule has 0 amide bonds. The fraction of sp³-hybridized carbons (Fsp3) is 0.250. The van der Waals surface area contributed by atoms with Crippen molar-refractivity contribution in [1.29, 1.82) is 0 Å². The third-order valence-electron chi connectivity index (χ3n) is 3.88. The Morgan fingerprint density at radius 2 is 1.06 bits per heavy atom. The van der Waals surface area contributed by atoms with E-state index in [-0.39, 0.29) is 47.5 Å². The molecule has 0 bridgehead atoms. The van der Waals surface area contributed by atoms with Crippen molar-refractivity contribution in [2.24, 2.45) is 0 Å². The number of hydrogen-bond donors (Lipinski definition) is 6. The topological polar surface area (TPSA) is 234 Å². The summed E-state index contributed by atoms with van der Waals surface area (Å²) in [4.78, 5) is 23.7. The number of aromatic nitrogens is 6. The van der Waals surface area contributed by atoms with Gasteiger partial charge in [-0.3, -0.25) is 9.11 Å². The van der Waals surface area contributed by atoms with Gasteiger partial charge in [-0.25, -0.2) is 0 Å². The Labute approximate surface area is 214 Å². The zero-order valence-corrected chi connectivity index (χ0v) is 21.1. The zero-order valence-electron chi connectivity index (χ0n) is 17.9. The van der Waals surface area contributed by atoms with Crippen LogP contribution < -0.4 is 21.3 Å². The summed E-state index contributed by atoms with van der Waals surface area (Å²) in [6, 6.07) is 6.72. The minimum atomic E-state index is -4.16. The third kappa shape index (κ3) is 9.84. The van der Waals surface area contributed by atoms with Crippen LogP contribution in [0.2, 0.25) is 10.6 Å². The number of anilines is 6. The Bertz CT molecular complexity index is 1340. The van der Waals surface area contributed by atoms with Gasteiger partial charge in [0.05, 0.1) is 11.5 Å². The summed E-state index contributed by atoms with van der Waals surface area (Å²) >= 11 is 11.8. The molecule has 3 rings (SSSR count). The molecule has 0 fully saturated rings. The van der Waals surface area contributed by atoms with Crippen LogP contribution >= 0.6 is 23.2 Å². The second-order valence-electron chi connectivity index (χ2n) is 6.76. The van der Waals surface area contributed by atoms with E-state index in [4.69, 9.17) is 32.3 Å². The Kier molecular flexibility index (Phi) is 8.93. The van der Waals surface area contributed by atoms with E-state index in [1.54, 1.807) is 24.3 Å². The van der Waals surface area contributed by atoms with Crippen molar-refractivity contribution in [3.8, 4) is 0 Å². The summed E-state index contributed by atoms with van der Waals surface area (Å²) in [5.74, 6) is -1.02. The van der Waals surface area contributed by atoms with Crippen molar-refractivity contribution in [2.45, 2.75) is 0 Å². The summed E-state index contributed by atoms with van der Waals surface area (Å²) in [5, 5.41) is 10.7. The van der Waals surface area contributed by atoms with Gasteiger partial charge >= 0.3 is 0 Å². The summed E-state index contributed by atoms with van der Waals surface area (Å²) < 4.78 is 61.0. The molecule has 0 radical (unpaired) electrons. The largest absolute Gasteiger partial charge is 0.353 e. The Hall–Kier alpha value is -3.16. The van der Waals surface area contributed by atoms with Crippen molar-refractivity contribution in [2.75, 3.05) is 45.9 Å². The lowest BCUT2D eigenvalue weighted by Crippen LogP contribution is -2.16. The van der Waals surface area contributed by atoms with E-state index in [1.165, 1.54) is 0 Å². The van der Waals surface area contributed by atoms with Crippen LogP contribution in [0, 0.1) is 0 Å². The molecule has 2 aromatic heterocycles. The maximum absolute atomic E-state index is 10.8. The predicted octanol–water partition coefficient (Wildman–Crippen LogP) is 1.45. The Balaban J connectivity index is 1.69. The third-order valence-corrected chi connectivity index (χ3v) is 5.66. The number of nitrogens with zero attached hydrogens (tertiary/aromatic N) is 6. The normalized spacial score (nSPS) is 11.7. The molecule has 0 spiro atoms. The first-order valence-electron chi connectivity index (χ1n) is 9.70. The van der Waals surface area contributed by atoms with Gasteiger partial charge in [-0.1, -0.05) is 6.07 Å². The average molecular weight is 581 g/mol. The van der Waals surface area contributed by atoms with E-state index in [1.807, 2.05) is 0 Å². The lowest BCUT2D eigenvalue weighted by atomic mass is 10.3. The van der Waals surface area contributed by atoms with Gasteiger partial charge in [-0.05, 0) is 41.4 Å². The van der Waals surface area contributed by atoms with Crippen LogP contribution in [-0.4, -0.2) is 80.4 Å². The lowest BCUT2D eigenvalue weighted by molar-refractivity contribution is 0.481. The minimum absolute atomic E-state index is 0.00992. The highest BCUT2D eigenvalue weighted by Crippen LogP contribution is 2.22. The van der Waals surface area contributed by atoms with Crippen LogP contribution in [0.3, 0.4) is 0 Å².